The molecular formula is C25H27N3O3S. The molecule has 1 amide bonds. The van der Waals surface area contributed by atoms with E-state index >= 15 is 0 Å². The predicted molar refractivity (Wildman–Crippen MR) is 127 cm³/mol. The molecule has 0 saturated heterocycles. The van der Waals surface area contributed by atoms with Gasteiger partial charge in [-0.2, -0.15) is 0 Å². The highest BCUT2D eigenvalue weighted by Crippen LogP contribution is 2.47. The molecule has 7 heteroatoms. The standard InChI is InChI=1S/C25H27N3O3S/c26-27-11-8-19-17-21-24(23(20(19)9-12-27)22-7-4-16-32-22)30-15-13-28(21)25(29)31-14-10-18-5-2-1-3-6-18/h1-7,16-17H,8-15,26H2. The largest absolute Gasteiger partial charge is 0.489 e. The molecule has 2 aliphatic rings. The number of hydrogen-bond acceptors (Lipinski definition) is 6. The molecule has 0 fully saturated rings. The minimum Gasteiger partial charge on any atom is -0.489 e. The van der Waals surface area contributed by atoms with Gasteiger partial charge in [0.1, 0.15) is 6.61 Å². The van der Waals surface area contributed by atoms with Gasteiger partial charge >= 0.3 is 6.09 Å². The number of anilines is 1. The highest BCUT2D eigenvalue weighted by molar-refractivity contribution is 7.13. The summed E-state index contributed by atoms with van der Waals surface area (Å²) >= 11 is 1.69. The maximum Gasteiger partial charge on any atom is 0.414 e. The first-order valence-corrected chi connectivity index (χ1v) is 11.9. The van der Waals surface area contributed by atoms with Gasteiger partial charge < -0.3 is 9.47 Å². The molecule has 0 spiro atoms. The van der Waals surface area contributed by atoms with Gasteiger partial charge in [0.25, 0.3) is 0 Å². The lowest BCUT2D eigenvalue weighted by Gasteiger charge is -2.32. The predicted octanol–water partition coefficient (Wildman–Crippen LogP) is 4.27. The average molecular weight is 450 g/mol. The molecule has 6 nitrogen and oxygen atoms in total. The van der Waals surface area contributed by atoms with E-state index in [2.05, 4.69) is 23.6 Å². The van der Waals surface area contributed by atoms with E-state index in [0.717, 1.165) is 53.4 Å². The van der Waals surface area contributed by atoms with Crippen LogP contribution in [0.2, 0.25) is 0 Å². The first-order valence-electron chi connectivity index (χ1n) is 11.0. The number of thiophene rings is 1. The molecule has 5 rings (SSSR count). The van der Waals surface area contributed by atoms with Crippen molar-refractivity contribution in [1.82, 2.24) is 5.01 Å². The van der Waals surface area contributed by atoms with Crippen molar-refractivity contribution in [1.29, 1.82) is 0 Å². The zero-order chi connectivity index (χ0) is 21.9. The van der Waals surface area contributed by atoms with E-state index in [0.29, 0.717) is 26.2 Å². The maximum absolute atomic E-state index is 13.1. The summed E-state index contributed by atoms with van der Waals surface area (Å²) < 4.78 is 11.8. The molecule has 0 bridgehead atoms. The van der Waals surface area contributed by atoms with Crippen molar-refractivity contribution in [3.05, 3.63) is 70.6 Å². The molecule has 0 saturated carbocycles. The highest BCUT2D eigenvalue weighted by Gasteiger charge is 2.31. The SMILES string of the molecule is NN1CCc2cc3c(c(-c4cccs4)c2CC1)OCCN3C(=O)OCCc1ccccc1. The van der Waals surface area contributed by atoms with Gasteiger partial charge in [-0.1, -0.05) is 36.4 Å². The number of hydrazine groups is 1. The summed E-state index contributed by atoms with van der Waals surface area (Å²) in [5.41, 5.74) is 5.56. The maximum atomic E-state index is 13.1. The van der Waals surface area contributed by atoms with Crippen molar-refractivity contribution in [2.75, 3.05) is 37.7 Å². The second kappa shape index (κ2) is 9.32. The minimum absolute atomic E-state index is 0.323. The van der Waals surface area contributed by atoms with Gasteiger partial charge in [-0.15, -0.1) is 11.3 Å². The molecule has 1 aromatic heterocycles. The number of nitrogens with two attached hydrogens (primary N) is 1. The van der Waals surface area contributed by atoms with Crippen LogP contribution < -0.4 is 15.5 Å². The van der Waals surface area contributed by atoms with E-state index in [4.69, 9.17) is 15.3 Å². The summed E-state index contributed by atoms with van der Waals surface area (Å²) in [6.07, 6.45) is 2.07. The molecule has 166 valence electrons. The van der Waals surface area contributed by atoms with Crippen LogP contribution in [0.1, 0.15) is 16.7 Å². The van der Waals surface area contributed by atoms with Crippen molar-refractivity contribution in [2.45, 2.75) is 19.3 Å². The number of ether oxygens (including phenoxy) is 2. The van der Waals surface area contributed by atoms with Gasteiger partial charge in [0.15, 0.2) is 5.75 Å². The average Bonchev–Trinajstić information content (AvgIpc) is 3.28. The van der Waals surface area contributed by atoms with Gasteiger partial charge in [0.05, 0.1) is 18.8 Å². The van der Waals surface area contributed by atoms with Gasteiger partial charge in [-0.3, -0.25) is 10.7 Å². The Hall–Kier alpha value is -2.87. The third-order valence-electron chi connectivity index (χ3n) is 6.08. The number of amides is 1. The normalized spacial score (nSPS) is 16.0. The third-order valence-corrected chi connectivity index (χ3v) is 6.96. The Kier molecular flexibility index (Phi) is 6.12. The number of carbonyl (C=O) groups excluding carboxylic acids is 1. The number of benzene rings is 2. The van der Waals surface area contributed by atoms with Crippen LogP contribution >= 0.6 is 11.3 Å². The van der Waals surface area contributed by atoms with E-state index in [1.807, 2.05) is 35.3 Å². The number of rotatable bonds is 4. The summed E-state index contributed by atoms with van der Waals surface area (Å²) in [4.78, 5) is 15.9. The minimum atomic E-state index is -0.323. The fourth-order valence-corrected chi connectivity index (χ4v) is 5.23. The Balaban J connectivity index is 1.45. The van der Waals surface area contributed by atoms with Crippen LogP contribution in [0.5, 0.6) is 5.75 Å². The Bertz CT molecular complexity index is 1090. The van der Waals surface area contributed by atoms with Crippen LogP contribution in [0.4, 0.5) is 10.5 Å². The quantitative estimate of drug-likeness (QED) is 0.603. The third kappa shape index (κ3) is 4.24. The summed E-state index contributed by atoms with van der Waals surface area (Å²) in [5.74, 6) is 6.92. The molecule has 0 unspecified atom stereocenters. The van der Waals surface area contributed by atoms with Crippen LogP contribution in [0.25, 0.3) is 10.4 Å². The lowest BCUT2D eigenvalue weighted by Crippen LogP contribution is -2.39. The van der Waals surface area contributed by atoms with Crippen LogP contribution in [-0.2, 0) is 24.0 Å². The smallest absolute Gasteiger partial charge is 0.414 e. The summed E-state index contributed by atoms with van der Waals surface area (Å²) in [6, 6.07) is 16.3. The molecule has 32 heavy (non-hydrogen) atoms. The lowest BCUT2D eigenvalue weighted by molar-refractivity contribution is 0.151. The van der Waals surface area contributed by atoms with Crippen molar-refractivity contribution >= 4 is 23.1 Å². The first-order chi connectivity index (χ1) is 15.7. The van der Waals surface area contributed by atoms with Crippen LogP contribution in [0.3, 0.4) is 0 Å². The van der Waals surface area contributed by atoms with Crippen molar-refractivity contribution in [3.8, 4) is 16.2 Å². The molecule has 3 aromatic rings. The Morgan fingerprint density at radius 2 is 1.94 bits per heavy atom. The molecular weight excluding hydrogens is 422 g/mol. The van der Waals surface area contributed by atoms with E-state index < -0.39 is 0 Å². The Morgan fingerprint density at radius 3 is 2.75 bits per heavy atom. The van der Waals surface area contributed by atoms with Crippen molar-refractivity contribution in [2.24, 2.45) is 5.84 Å². The summed E-state index contributed by atoms with van der Waals surface area (Å²) in [7, 11) is 0. The number of hydrogen-bond donors (Lipinski definition) is 1. The molecule has 3 heterocycles. The fraction of sp³-hybridized carbons (Fsp3) is 0.320. The Labute approximate surface area is 192 Å². The molecule has 0 atom stereocenters. The molecule has 0 aliphatic carbocycles. The van der Waals surface area contributed by atoms with Crippen LogP contribution in [-0.4, -0.2) is 44.0 Å². The van der Waals surface area contributed by atoms with Gasteiger partial charge in [0.2, 0.25) is 0 Å². The van der Waals surface area contributed by atoms with Gasteiger partial charge in [0, 0.05) is 30.0 Å². The van der Waals surface area contributed by atoms with Crippen LogP contribution in [0, 0.1) is 0 Å². The zero-order valence-electron chi connectivity index (χ0n) is 18.0. The number of fused-ring (bicyclic) bond motifs is 2. The lowest BCUT2D eigenvalue weighted by atomic mass is 9.93. The van der Waals surface area contributed by atoms with E-state index in [1.165, 1.54) is 11.1 Å². The molecule has 2 N–H and O–H groups in total. The van der Waals surface area contributed by atoms with Gasteiger partial charge in [-0.05, 0) is 47.0 Å². The highest BCUT2D eigenvalue weighted by atomic mass is 32.1. The van der Waals surface area contributed by atoms with E-state index in [1.54, 1.807) is 16.2 Å². The molecule has 2 aromatic carbocycles. The topological polar surface area (TPSA) is 68.0 Å². The van der Waals surface area contributed by atoms with Crippen molar-refractivity contribution in [3.63, 3.8) is 0 Å². The van der Waals surface area contributed by atoms with Crippen LogP contribution in [0.15, 0.2) is 53.9 Å². The monoisotopic (exact) mass is 449 g/mol. The van der Waals surface area contributed by atoms with Gasteiger partial charge in [-0.25, -0.2) is 9.80 Å². The first kappa shape index (κ1) is 21.0. The zero-order valence-corrected chi connectivity index (χ0v) is 18.8. The second-order valence-electron chi connectivity index (χ2n) is 8.10. The van der Waals surface area contributed by atoms with Crippen molar-refractivity contribution < 1.29 is 14.3 Å². The summed E-state index contributed by atoms with van der Waals surface area (Å²) in [5, 5.41) is 3.94. The molecule has 2 aliphatic heterocycles. The number of carbonyl (C=O) groups is 1. The fourth-order valence-electron chi connectivity index (χ4n) is 4.44. The molecule has 0 radical (unpaired) electrons. The Morgan fingerprint density at radius 1 is 1.09 bits per heavy atom. The van der Waals surface area contributed by atoms with E-state index in [9.17, 15) is 4.79 Å². The summed E-state index contributed by atoms with van der Waals surface area (Å²) in [6.45, 7) is 2.86. The number of nitrogens with zero attached hydrogens (tertiary/aromatic N) is 2. The van der Waals surface area contributed by atoms with E-state index in [-0.39, 0.29) is 6.09 Å². The second-order valence-corrected chi connectivity index (χ2v) is 9.05.